The van der Waals surface area contributed by atoms with Gasteiger partial charge in [-0.3, -0.25) is 0 Å². The van der Waals surface area contributed by atoms with Crippen LogP contribution in [0.2, 0.25) is 0 Å². The van der Waals surface area contributed by atoms with Gasteiger partial charge in [0.2, 0.25) is 0 Å². The second-order valence-corrected chi connectivity index (χ2v) is 5.04. The summed E-state index contributed by atoms with van der Waals surface area (Å²) >= 11 is 0. The van der Waals surface area contributed by atoms with Gasteiger partial charge in [0, 0.05) is 6.04 Å². The summed E-state index contributed by atoms with van der Waals surface area (Å²) in [6.45, 7) is 12.6. The molecule has 1 nitrogen and oxygen atoms in total. The van der Waals surface area contributed by atoms with Gasteiger partial charge in [0.25, 0.3) is 0 Å². The zero-order chi connectivity index (χ0) is 11.0. The van der Waals surface area contributed by atoms with Crippen LogP contribution in [0.3, 0.4) is 0 Å². The molecule has 1 N–H and O–H groups in total. The van der Waals surface area contributed by atoms with E-state index in [9.17, 15) is 0 Å². The van der Waals surface area contributed by atoms with Crippen LogP contribution in [0.25, 0.3) is 0 Å². The van der Waals surface area contributed by atoms with E-state index in [2.05, 4.69) is 39.9 Å². The van der Waals surface area contributed by atoms with Crippen molar-refractivity contribution in [3.63, 3.8) is 0 Å². The summed E-state index contributed by atoms with van der Waals surface area (Å²) < 4.78 is 0. The van der Waals surface area contributed by atoms with Crippen LogP contribution >= 0.6 is 0 Å². The Bertz CT molecular complexity index is 120. The molecule has 0 heterocycles. The number of hydrogen-bond acceptors (Lipinski definition) is 1. The molecule has 1 heteroatoms. The molecule has 2 atom stereocenters. The summed E-state index contributed by atoms with van der Waals surface area (Å²) in [4.78, 5) is 0. The van der Waals surface area contributed by atoms with Gasteiger partial charge >= 0.3 is 0 Å². The Morgan fingerprint density at radius 1 is 1.00 bits per heavy atom. The van der Waals surface area contributed by atoms with E-state index in [1.807, 2.05) is 0 Å². The summed E-state index contributed by atoms with van der Waals surface area (Å²) in [6.07, 6.45) is 5.51. The van der Waals surface area contributed by atoms with Crippen molar-refractivity contribution in [1.82, 2.24) is 5.32 Å². The fraction of sp³-hybridized carbons (Fsp3) is 1.00. The first kappa shape index (κ1) is 14.0. The first-order valence-corrected chi connectivity index (χ1v) is 6.31. The monoisotopic (exact) mass is 199 g/mol. The van der Waals surface area contributed by atoms with E-state index >= 15 is 0 Å². The lowest BCUT2D eigenvalue weighted by Gasteiger charge is -2.20. The van der Waals surface area contributed by atoms with Gasteiger partial charge < -0.3 is 5.32 Å². The maximum absolute atomic E-state index is 3.61. The van der Waals surface area contributed by atoms with E-state index in [0.29, 0.717) is 6.04 Å². The minimum absolute atomic E-state index is 0.656. The zero-order valence-electron chi connectivity index (χ0n) is 10.8. The van der Waals surface area contributed by atoms with E-state index in [1.54, 1.807) is 0 Å². The normalized spacial score (nSPS) is 15.9. The highest BCUT2D eigenvalue weighted by Crippen LogP contribution is 2.09. The number of rotatable bonds is 8. The molecule has 0 radical (unpaired) electrons. The molecule has 0 rings (SSSR count). The van der Waals surface area contributed by atoms with Crippen molar-refractivity contribution in [2.45, 2.75) is 66.3 Å². The van der Waals surface area contributed by atoms with Crippen LogP contribution in [0.15, 0.2) is 0 Å². The second kappa shape index (κ2) is 8.28. The van der Waals surface area contributed by atoms with Crippen LogP contribution in [-0.4, -0.2) is 12.6 Å². The van der Waals surface area contributed by atoms with Crippen molar-refractivity contribution >= 4 is 0 Å². The van der Waals surface area contributed by atoms with Crippen LogP contribution in [0.4, 0.5) is 0 Å². The van der Waals surface area contributed by atoms with Crippen molar-refractivity contribution in [2.24, 2.45) is 11.8 Å². The van der Waals surface area contributed by atoms with Crippen LogP contribution in [-0.2, 0) is 0 Å². The van der Waals surface area contributed by atoms with Gasteiger partial charge in [-0.25, -0.2) is 0 Å². The van der Waals surface area contributed by atoms with Crippen LogP contribution in [0, 0.1) is 11.8 Å². The Morgan fingerprint density at radius 2 is 1.64 bits per heavy atom. The van der Waals surface area contributed by atoms with Crippen molar-refractivity contribution in [2.75, 3.05) is 6.54 Å². The molecule has 0 saturated heterocycles. The highest BCUT2D eigenvalue weighted by atomic mass is 14.9. The van der Waals surface area contributed by atoms with Gasteiger partial charge in [-0.05, 0) is 31.7 Å². The molecule has 0 bridgehead atoms. The molecule has 0 aromatic heterocycles. The molecule has 0 fully saturated rings. The largest absolute Gasteiger partial charge is 0.314 e. The molecule has 14 heavy (non-hydrogen) atoms. The fourth-order valence-electron chi connectivity index (χ4n) is 1.47. The maximum atomic E-state index is 3.61. The van der Waals surface area contributed by atoms with E-state index in [0.717, 1.165) is 11.8 Å². The molecule has 0 spiro atoms. The Hall–Kier alpha value is -0.0400. The third-order valence-corrected chi connectivity index (χ3v) is 3.09. The van der Waals surface area contributed by atoms with Gasteiger partial charge in [-0.15, -0.1) is 0 Å². The predicted molar refractivity (Wildman–Crippen MR) is 65.6 cm³/mol. The first-order chi connectivity index (χ1) is 6.57. The molecular weight excluding hydrogens is 170 g/mol. The second-order valence-electron chi connectivity index (χ2n) is 5.04. The summed E-state index contributed by atoms with van der Waals surface area (Å²) in [5.41, 5.74) is 0. The lowest BCUT2D eigenvalue weighted by molar-refractivity contribution is 0.376. The average Bonchev–Trinajstić information content (AvgIpc) is 2.14. The zero-order valence-corrected chi connectivity index (χ0v) is 10.8. The Morgan fingerprint density at radius 3 is 2.14 bits per heavy atom. The van der Waals surface area contributed by atoms with Gasteiger partial charge in [-0.1, -0.05) is 47.0 Å². The van der Waals surface area contributed by atoms with E-state index in [1.165, 1.54) is 32.2 Å². The Balaban J connectivity index is 3.38. The van der Waals surface area contributed by atoms with Crippen molar-refractivity contribution in [3.05, 3.63) is 0 Å². The van der Waals surface area contributed by atoms with Gasteiger partial charge in [0.15, 0.2) is 0 Å². The standard InChI is InChI=1S/C13H29N/c1-6-7-8-9-12(4)10-14-13(5)11(2)3/h11-14H,6-10H2,1-5H3. The topological polar surface area (TPSA) is 12.0 Å². The van der Waals surface area contributed by atoms with E-state index in [4.69, 9.17) is 0 Å². The smallest absolute Gasteiger partial charge is 0.00618 e. The summed E-state index contributed by atoms with van der Waals surface area (Å²) in [7, 11) is 0. The van der Waals surface area contributed by atoms with Gasteiger partial charge in [0.05, 0.1) is 0 Å². The van der Waals surface area contributed by atoms with Gasteiger partial charge in [-0.2, -0.15) is 0 Å². The van der Waals surface area contributed by atoms with Crippen LogP contribution in [0.5, 0.6) is 0 Å². The lowest BCUT2D eigenvalue weighted by Crippen LogP contribution is -2.34. The number of nitrogens with one attached hydrogen (secondary N) is 1. The van der Waals surface area contributed by atoms with Crippen molar-refractivity contribution in [1.29, 1.82) is 0 Å². The fourth-order valence-corrected chi connectivity index (χ4v) is 1.47. The van der Waals surface area contributed by atoms with E-state index < -0.39 is 0 Å². The van der Waals surface area contributed by atoms with Crippen LogP contribution < -0.4 is 5.32 Å². The average molecular weight is 199 g/mol. The van der Waals surface area contributed by atoms with E-state index in [-0.39, 0.29) is 0 Å². The lowest BCUT2D eigenvalue weighted by atomic mass is 10.0. The molecule has 2 unspecified atom stereocenters. The predicted octanol–water partition coefficient (Wildman–Crippen LogP) is 3.84. The first-order valence-electron chi connectivity index (χ1n) is 6.31. The maximum Gasteiger partial charge on any atom is 0.00618 e. The molecule has 0 aliphatic rings. The Labute approximate surface area is 90.7 Å². The summed E-state index contributed by atoms with van der Waals surface area (Å²) in [6, 6.07) is 0.656. The molecule has 0 aromatic rings. The third kappa shape index (κ3) is 7.37. The molecule has 0 aromatic carbocycles. The van der Waals surface area contributed by atoms with Crippen molar-refractivity contribution in [3.8, 4) is 0 Å². The minimum atomic E-state index is 0.656. The molecule has 0 aliphatic carbocycles. The molecule has 0 aliphatic heterocycles. The molecular formula is C13H29N. The summed E-state index contributed by atoms with van der Waals surface area (Å²) in [5.74, 6) is 1.58. The number of unbranched alkanes of at least 4 members (excludes halogenated alkanes) is 2. The number of hydrogen-bond donors (Lipinski definition) is 1. The quantitative estimate of drug-likeness (QED) is 0.586. The Kier molecular flexibility index (Phi) is 8.26. The molecule has 86 valence electrons. The SMILES string of the molecule is CCCCCC(C)CNC(C)C(C)C. The summed E-state index contributed by atoms with van der Waals surface area (Å²) in [5, 5.41) is 3.61. The minimum Gasteiger partial charge on any atom is -0.314 e. The third-order valence-electron chi connectivity index (χ3n) is 3.09. The molecule has 0 saturated carbocycles. The van der Waals surface area contributed by atoms with Crippen molar-refractivity contribution < 1.29 is 0 Å². The highest BCUT2D eigenvalue weighted by Gasteiger charge is 2.08. The van der Waals surface area contributed by atoms with Gasteiger partial charge in [0.1, 0.15) is 0 Å². The molecule has 0 amide bonds. The highest BCUT2D eigenvalue weighted by molar-refractivity contribution is 4.66. The van der Waals surface area contributed by atoms with Crippen LogP contribution in [0.1, 0.15) is 60.3 Å².